The van der Waals surface area contributed by atoms with E-state index < -0.39 is 0 Å². The van der Waals surface area contributed by atoms with Crippen LogP contribution in [-0.2, 0) is 6.54 Å². The molecule has 1 atom stereocenters. The first kappa shape index (κ1) is 17.6. The molecular formula is C15H27IN6. The van der Waals surface area contributed by atoms with Gasteiger partial charge in [-0.3, -0.25) is 14.8 Å². The van der Waals surface area contributed by atoms with Crippen molar-refractivity contribution in [3.63, 3.8) is 0 Å². The number of hydrogen-bond donors (Lipinski definition) is 2. The summed E-state index contributed by atoms with van der Waals surface area (Å²) in [6, 6.07) is 4.74. The summed E-state index contributed by atoms with van der Waals surface area (Å²) in [5, 5.41) is 3.53. The van der Waals surface area contributed by atoms with E-state index in [9.17, 15) is 0 Å². The van der Waals surface area contributed by atoms with Crippen LogP contribution in [0, 0.1) is 0 Å². The number of fused-ring (bicyclic) bond motifs is 3. The van der Waals surface area contributed by atoms with Crippen molar-refractivity contribution in [1.29, 1.82) is 0 Å². The molecule has 2 N–H and O–H groups in total. The lowest BCUT2D eigenvalue weighted by Crippen LogP contribution is -2.63. The van der Waals surface area contributed by atoms with Crippen LogP contribution in [0.3, 0.4) is 0 Å². The maximum atomic E-state index is 4.40. The Hall–Kier alpha value is -0.800. The van der Waals surface area contributed by atoms with Gasteiger partial charge < -0.3 is 15.2 Å². The van der Waals surface area contributed by atoms with Gasteiger partial charge in [-0.15, -0.1) is 24.0 Å². The number of aromatic amines is 1. The van der Waals surface area contributed by atoms with Gasteiger partial charge in [0.15, 0.2) is 5.96 Å². The lowest BCUT2D eigenvalue weighted by atomic mass is 10.1. The van der Waals surface area contributed by atoms with Gasteiger partial charge in [0.25, 0.3) is 0 Å². The summed E-state index contributed by atoms with van der Waals surface area (Å²) in [5.41, 5.74) is 1.20. The molecule has 2 bridgehead atoms. The van der Waals surface area contributed by atoms with Crippen LogP contribution in [-0.4, -0.2) is 85.0 Å². The molecule has 3 aliphatic heterocycles. The summed E-state index contributed by atoms with van der Waals surface area (Å²) in [4.78, 5) is 15.0. The highest BCUT2D eigenvalue weighted by Crippen LogP contribution is 2.14. The molecule has 1 aromatic rings. The second-order valence-corrected chi connectivity index (χ2v) is 5.97. The van der Waals surface area contributed by atoms with E-state index in [0.717, 1.165) is 19.0 Å². The molecule has 0 aromatic carbocycles. The summed E-state index contributed by atoms with van der Waals surface area (Å²) < 4.78 is 0. The second kappa shape index (κ2) is 8.16. The quantitative estimate of drug-likeness (QED) is 0.428. The van der Waals surface area contributed by atoms with E-state index in [-0.39, 0.29) is 24.0 Å². The summed E-state index contributed by atoms with van der Waals surface area (Å²) in [7, 11) is 3.93. The van der Waals surface area contributed by atoms with Gasteiger partial charge in [0, 0.05) is 71.3 Å². The maximum absolute atomic E-state index is 4.40. The minimum atomic E-state index is 0. The lowest BCUT2D eigenvalue weighted by molar-refractivity contribution is 0.0152. The predicted molar refractivity (Wildman–Crippen MR) is 101 cm³/mol. The molecule has 3 saturated heterocycles. The fraction of sp³-hybridized carbons (Fsp3) is 0.667. The molecule has 3 aliphatic rings. The standard InChI is InChI=1S/C15H26N6.HI/c1-16-15(19(2)11-13-4-3-5-17-13)18-10-14-12-20-6-8-21(14)9-7-20;/h3-5,14,17H,6-12H2,1-2H3,(H,16,18);1H. The Morgan fingerprint density at radius 3 is 2.73 bits per heavy atom. The van der Waals surface area contributed by atoms with Gasteiger partial charge in [0.05, 0.1) is 6.54 Å². The molecule has 0 aliphatic carbocycles. The monoisotopic (exact) mass is 418 g/mol. The van der Waals surface area contributed by atoms with Crippen molar-refractivity contribution in [2.75, 3.05) is 53.4 Å². The number of halogens is 1. The molecule has 4 rings (SSSR count). The third-order valence-electron chi connectivity index (χ3n) is 4.53. The van der Waals surface area contributed by atoms with Crippen LogP contribution in [0.2, 0.25) is 0 Å². The molecule has 7 heteroatoms. The van der Waals surface area contributed by atoms with E-state index in [2.05, 4.69) is 43.1 Å². The number of piperazine rings is 3. The molecule has 3 fully saturated rings. The maximum Gasteiger partial charge on any atom is 0.193 e. The molecule has 0 spiro atoms. The van der Waals surface area contributed by atoms with Crippen LogP contribution in [0.4, 0.5) is 0 Å². The zero-order chi connectivity index (χ0) is 14.7. The number of hydrogen-bond acceptors (Lipinski definition) is 3. The van der Waals surface area contributed by atoms with Crippen LogP contribution in [0.15, 0.2) is 23.3 Å². The number of rotatable bonds is 4. The topological polar surface area (TPSA) is 49.9 Å². The van der Waals surface area contributed by atoms with E-state index in [1.165, 1.54) is 38.4 Å². The second-order valence-electron chi connectivity index (χ2n) is 5.97. The normalized spacial score (nSPS) is 27.4. The molecule has 0 amide bonds. The van der Waals surface area contributed by atoms with Crippen molar-refractivity contribution >= 4 is 29.9 Å². The van der Waals surface area contributed by atoms with Gasteiger partial charge in [-0.25, -0.2) is 0 Å². The minimum Gasteiger partial charge on any atom is -0.364 e. The molecular weight excluding hydrogens is 391 g/mol. The highest BCUT2D eigenvalue weighted by atomic mass is 127. The number of H-pyrrole nitrogens is 1. The molecule has 0 radical (unpaired) electrons. The van der Waals surface area contributed by atoms with Crippen LogP contribution in [0.25, 0.3) is 0 Å². The predicted octanol–water partition coefficient (Wildman–Crippen LogP) is 0.640. The number of aliphatic imine (C=N–C) groups is 1. The third kappa shape index (κ3) is 4.14. The van der Waals surface area contributed by atoms with Crippen molar-refractivity contribution in [3.05, 3.63) is 24.0 Å². The SMILES string of the molecule is CN=C(NCC1CN2CCN1CC2)N(C)Cc1ccc[nH]1.I. The van der Waals surface area contributed by atoms with Crippen molar-refractivity contribution in [3.8, 4) is 0 Å². The highest BCUT2D eigenvalue weighted by Gasteiger charge is 2.31. The largest absolute Gasteiger partial charge is 0.364 e. The van der Waals surface area contributed by atoms with Crippen LogP contribution >= 0.6 is 24.0 Å². The Morgan fingerprint density at radius 1 is 1.41 bits per heavy atom. The van der Waals surface area contributed by atoms with E-state index >= 15 is 0 Å². The van der Waals surface area contributed by atoms with Gasteiger partial charge in [-0.05, 0) is 12.1 Å². The molecule has 124 valence electrons. The average Bonchev–Trinajstić information content (AvgIpc) is 3.02. The molecule has 22 heavy (non-hydrogen) atoms. The van der Waals surface area contributed by atoms with Gasteiger partial charge in [-0.1, -0.05) is 0 Å². The highest BCUT2D eigenvalue weighted by molar-refractivity contribution is 14.0. The van der Waals surface area contributed by atoms with Crippen molar-refractivity contribution in [2.45, 2.75) is 12.6 Å². The van der Waals surface area contributed by atoms with Gasteiger partial charge in [-0.2, -0.15) is 0 Å². The summed E-state index contributed by atoms with van der Waals surface area (Å²) in [6.07, 6.45) is 1.96. The lowest BCUT2D eigenvalue weighted by Gasteiger charge is -2.47. The van der Waals surface area contributed by atoms with Crippen LogP contribution in [0.5, 0.6) is 0 Å². The van der Waals surface area contributed by atoms with Gasteiger partial charge in [0.2, 0.25) is 0 Å². The first-order valence-electron chi connectivity index (χ1n) is 7.76. The fourth-order valence-electron chi connectivity index (χ4n) is 3.31. The van der Waals surface area contributed by atoms with Crippen molar-refractivity contribution in [2.24, 2.45) is 4.99 Å². The van der Waals surface area contributed by atoms with E-state index in [1.807, 2.05) is 19.3 Å². The molecule has 1 aromatic heterocycles. The average molecular weight is 418 g/mol. The summed E-state index contributed by atoms with van der Waals surface area (Å²) in [5.74, 6) is 0.960. The molecule has 0 saturated carbocycles. The third-order valence-corrected chi connectivity index (χ3v) is 4.53. The zero-order valence-corrected chi connectivity index (χ0v) is 15.8. The summed E-state index contributed by atoms with van der Waals surface area (Å²) >= 11 is 0. The van der Waals surface area contributed by atoms with E-state index in [1.54, 1.807) is 0 Å². The first-order chi connectivity index (χ1) is 10.3. The van der Waals surface area contributed by atoms with Gasteiger partial charge >= 0.3 is 0 Å². The van der Waals surface area contributed by atoms with Crippen LogP contribution < -0.4 is 5.32 Å². The number of nitrogens with one attached hydrogen (secondary N) is 2. The Morgan fingerprint density at radius 2 is 2.18 bits per heavy atom. The smallest absolute Gasteiger partial charge is 0.193 e. The van der Waals surface area contributed by atoms with Crippen molar-refractivity contribution in [1.82, 2.24) is 25.0 Å². The van der Waals surface area contributed by atoms with E-state index in [0.29, 0.717) is 6.04 Å². The summed E-state index contributed by atoms with van der Waals surface area (Å²) in [6.45, 7) is 7.89. The molecule has 6 nitrogen and oxygen atoms in total. The molecule has 1 unspecified atom stereocenters. The van der Waals surface area contributed by atoms with Gasteiger partial charge in [0.1, 0.15) is 0 Å². The van der Waals surface area contributed by atoms with E-state index in [4.69, 9.17) is 0 Å². The Labute approximate surface area is 150 Å². The first-order valence-corrected chi connectivity index (χ1v) is 7.76. The Kier molecular flexibility index (Phi) is 6.51. The number of guanidine groups is 1. The molecule has 4 heterocycles. The number of aromatic nitrogens is 1. The minimum absolute atomic E-state index is 0. The van der Waals surface area contributed by atoms with Crippen molar-refractivity contribution < 1.29 is 0 Å². The zero-order valence-electron chi connectivity index (χ0n) is 13.5. The fourth-order valence-corrected chi connectivity index (χ4v) is 3.31. The van der Waals surface area contributed by atoms with Crippen LogP contribution in [0.1, 0.15) is 5.69 Å². The number of nitrogens with zero attached hydrogens (tertiary/aromatic N) is 4. The Balaban J connectivity index is 0.00000176. The Bertz CT molecular complexity index is 466.